The third kappa shape index (κ3) is 6.96. The molecule has 0 unspecified atom stereocenters. The van der Waals surface area contributed by atoms with E-state index in [0.717, 1.165) is 67.3 Å². The van der Waals surface area contributed by atoms with Gasteiger partial charge in [-0.15, -0.1) is 0 Å². The molecule has 5 heteroatoms. The molecule has 0 radical (unpaired) electrons. The molecule has 298 valence electrons. The van der Waals surface area contributed by atoms with Crippen molar-refractivity contribution < 1.29 is 9.30 Å². The molecule has 5 nitrogen and oxygen atoms in total. The van der Waals surface area contributed by atoms with Gasteiger partial charge in [0.25, 0.3) is 6.33 Å². The monoisotopic (exact) mass is 793 g/mol. The van der Waals surface area contributed by atoms with E-state index >= 15 is 0 Å². The van der Waals surface area contributed by atoms with Gasteiger partial charge in [-0.25, -0.2) is 4.98 Å². The third-order valence-electron chi connectivity index (χ3n) is 11.9. The predicted molar refractivity (Wildman–Crippen MR) is 252 cm³/mol. The normalized spacial score (nSPS) is 12.1. The first-order chi connectivity index (χ1) is 29.5. The van der Waals surface area contributed by atoms with Crippen molar-refractivity contribution >= 4 is 32.8 Å². The maximum atomic E-state index is 6.79. The Hall–Kier alpha value is -7.24. The summed E-state index contributed by atoms with van der Waals surface area (Å²) in [6.45, 7) is 13.6. The minimum Gasteiger partial charge on any atom is -0.457 e. The fraction of sp³-hybridized carbons (Fsp3) is 0.143. The highest BCUT2D eigenvalue weighted by Gasteiger charge is 2.27. The van der Waals surface area contributed by atoms with Crippen LogP contribution in [0.2, 0.25) is 0 Å². The van der Waals surface area contributed by atoms with Gasteiger partial charge in [-0.05, 0) is 99.8 Å². The van der Waals surface area contributed by atoms with Crippen LogP contribution in [-0.2, 0) is 10.8 Å². The van der Waals surface area contributed by atoms with Crippen molar-refractivity contribution in [2.45, 2.75) is 52.4 Å². The van der Waals surface area contributed by atoms with E-state index in [-0.39, 0.29) is 10.8 Å². The van der Waals surface area contributed by atoms with Gasteiger partial charge in [-0.3, -0.25) is 4.57 Å². The molecule has 10 aromatic rings. The van der Waals surface area contributed by atoms with E-state index in [4.69, 9.17) is 9.72 Å². The largest absolute Gasteiger partial charge is 0.457 e. The quantitative estimate of drug-likeness (QED) is 0.151. The van der Waals surface area contributed by atoms with Gasteiger partial charge in [0, 0.05) is 40.2 Å². The molecule has 3 heterocycles. The van der Waals surface area contributed by atoms with Crippen LogP contribution in [0.3, 0.4) is 0 Å². The molecular weight excluding hydrogens is 745 g/mol. The predicted octanol–water partition coefficient (Wildman–Crippen LogP) is 14.1. The van der Waals surface area contributed by atoms with Crippen LogP contribution in [0.4, 0.5) is 0 Å². The molecule has 0 amide bonds. The number of benzene rings is 7. The summed E-state index contributed by atoms with van der Waals surface area (Å²) in [5.41, 5.74) is 13.6. The lowest BCUT2D eigenvalue weighted by Gasteiger charge is -2.20. The standard InChI is InChI=1S/C56H49N4O/c1-55(2,3)40-27-29-45(38-17-9-7-10-18-38)51(33-40)59-37-58(50-26-16-24-46(54(50)59)39-19-11-8-12-20-39)42-21-15-22-43(35-42)61-44-28-30-48-47-23-13-14-25-49(47)60(52(48)36-44)53-34-41(31-32-57-53)56(4,5)6/h7-37H,1-6H3/q+1. The van der Waals surface area contributed by atoms with Crippen LogP contribution in [0.25, 0.3) is 72.3 Å². The first-order valence-electron chi connectivity index (χ1n) is 21.1. The van der Waals surface area contributed by atoms with E-state index in [2.05, 4.69) is 231 Å². The second-order valence-corrected chi connectivity index (χ2v) is 18.0. The van der Waals surface area contributed by atoms with E-state index in [1.165, 1.54) is 27.6 Å². The SMILES string of the molecule is CC(C)(C)c1ccnc(-n2c3ccccc3c3ccc(Oc4cccc(-n5c[n+](-c6cc(C(C)(C)C)ccc6-c6ccccc6)c6c(-c7ccccc7)cccc65)c4)cc32)c1. The Labute approximate surface area is 357 Å². The summed E-state index contributed by atoms with van der Waals surface area (Å²) in [7, 11) is 0. The number of nitrogens with zero attached hydrogens (tertiary/aromatic N) is 4. The van der Waals surface area contributed by atoms with Crippen LogP contribution in [0.1, 0.15) is 52.7 Å². The van der Waals surface area contributed by atoms with E-state index in [0.29, 0.717) is 0 Å². The van der Waals surface area contributed by atoms with Crippen LogP contribution in [0.15, 0.2) is 188 Å². The first-order valence-corrected chi connectivity index (χ1v) is 21.1. The Morgan fingerprint density at radius 3 is 1.89 bits per heavy atom. The minimum atomic E-state index is -0.0405. The number of ether oxygens (including phenoxy) is 1. The van der Waals surface area contributed by atoms with E-state index in [9.17, 15) is 0 Å². The van der Waals surface area contributed by atoms with Crippen molar-refractivity contribution in [2.75, 3.05) is 0 Å². The van der Waals surface area contributed by atoms with Crippen molar-refractivity contribution in [1.29, 1.82) is 0 Å². The summed E-state index contributed by atoms with van der Waals surface area (Å²) in [6.07, 6.45) is 4.16. The molecule has 0 saturated carbocycles. The number of aromatic nitrogens is 4. The second kappa shape index (κ2) is 14.8. The third-order valence-corrected chi connectivity index (χ3v) is 11.9. The Bertz CT molecular complexity index is 3230. The van der Waals surface area contributed by atoms with Crippen molar-refractivity contribution in [2.24, 2.45) is 0 Å². The molecule has 10 rings (SSSR count). The molecule has 0 spiro atoms. The number of pyridine rings is 1. The van der Waals surface area contributed by atoms with Gasteiger partial charge in [-0.2, -0.15) is 9.13 Å². The smallest absolute Gasteiger partial charge is 0.255 e. The minimum absolute atomic E-state index is 0.0101. The molecule has 3 aromatic heterocycles. The van der Waals surface area contributed by atoms with Gasteiger partial charge in [-0.1, -0.05) is 139 Å². The lowest BCUT2D eigenvalue weighted by molar-refractivity contribution is -0.566. The Morgan fingerprint density at radius 2 is 1.13 bits per heavy atom. The summed E-state index contributed by atoms with van der Waals surface area (Å²) in [4.78, 5) is 4.89. The Balaban J connectivity index is 1.12. The number of imidazole rings is 1. The fourth-order valence-electron chi connectivity index (χ4n) is 8.61. The summed E-state index contributed by atoms with van der Waals surface area (Å²) in [6, 6.07) is 62.6. The molecule has 0 aliphatic carbocycles. The highest BCUT2D eigenvalue weighted by molar-refractivity contribution is 6.09. The zero-order valence-electron chi connectivity index (χ0n) is 35.6. The zero-order chi connectivity index (χ0) is 41.9. The number of hydrogen-bond donors (Lipinski definition) is 0. The van der Waals surface area contributed by atoms with Crippen molar-refractivity contribution in [3.05, 3.63) is 200 Å². The molecule has 0 atom stereocenters. The number of fused-ring (bicyclic) bond motifs is 4. The van der Waals surface area contributed by atoms with Crippen LogP contribution < -0.4 is 9.30 Å². The molecule has 0 fully saturated rings. The van der Waals surface area contributed by atoms with E-state index in [1.54, 1.807) is 0 Å². The Morgan fingerprint density at radius 1 is 0.492 bits per heavy atom. The lowest BCUT2D eigenvalue weighted by Crippen LogP contribution is -2.31. The van der Waals surface area contributed by atoms with Gasteiger partial charge >= 0.3 is 0 Å². The number of hydrogen-bond acceptors (Lipinski definition) is 2. The van der Waals surface area contributed by atoms with Crippen LogP contribution in [0.5, 0.6) is 11.5 Å². The van der Waals surface area contributed by atoms with Gasteiger partial charge in [0.15, 0.2) is 11.0 Å². The molecule has 7 aromatic carbocycles. The van der Waals surface area contributed by atoms with Crippen molar-refractivity contribution in [1.82, 2.24) is 14.1 Å². The van der Waals surface area contributed by atoms with Gasteiger partial charge in [0.1, 0.15) is 28.7 Å². The van der Waals surface area contributed by atoms with E-state index < -0.39 is 0 Å². The van der Waals surface area contributed by atoms with Gasteiger partial charge in [0.05, 0.1) is 11.0 Å². The molecule has 0 bridgehead atoms. The fourth-order valence-corrected chi connectivity index (χ4v) is 8.61. The zero-order valence-corrected chi connectivity index (χ0v) is 35.6. The molecule has 0 saturated heterocycles. The average Bonchev–Trinajstić information content (AvgIpc) is 3.83. The summed E-state index contributed by atoms with van der Waals surface area (Å²) in [5, 5.41) is 2.34. The van der Waals surface area contributed by atoms with Crippen LogP contribution in [-0.4, -0.2) is 14.1 Å². The summed E-state index contributed by atoms with van der Waals surface area (Å²) in [5.74, 6) is 2.40. The van der Waals surface area contributed by atoms with Crippen molar-refractivity contribution in [3.8, 4) is 50.9 Å². The van der Waals surface area contributed by atoms with Gasteiger partial charge in [0.2, 0.25) is 0 Å². The molecular formula is C56H49N4O+. The number of rotatable bonds is 7. The molecule has 0 aliphatic rings. The maximum absolute atomic E-state index is 6.79. The van der Waals surface area contributed by atoms with Crippen molar-refractivity contribution in [3.63, 3.8) is 0 Å². The second-order valence-electron chi connectivity index (χ2n) is 18.0. The summed E-state index contributed by atoms with van der Waals surface area (Å²) < 4.78 is 13.7. The number of para-hydroxylation sites is 2. The highest BCUT2D eigenvalue weighted by Crippen LogP contribution is 2.38. The molecule has 0 aliphatic heterocycles. The highest BCUT2D eigenvalue weighted by atomic mass is 16.5. The summed E-state index contributed by atoms with van der Waals surface area (Å²) >= 11 is 0. The topological polar surface area (TPSA) is 35.9 Å². The Kier molecular flexibility index (Phi) is 9.21. The maximum Gasteiger partial charge on any atom is 0.255 e. The van der Waals surface area contributed by atoms with Gasteiger partial charge < -0.3 is 4.74 Å². The van der Waals surface area contributed by atoms with Crippen LogP contribution in [0, 0.1) is 0 Å². The average molecular weight is 794 g/mol. The van der Waals surface area contributed by atoms with Crippen LogP contribution >= 0.6 is 0 Å². The molecule has 61 heavy (non-hydrogen) atoms. The lowest BCUT2D eigenvalue weighted by atomic mass is 9.85. The molecule has 0 N–H and O–H groups in total. The van der Waals surface area contributed by atoms with E-state index in [1.807, 2.05) is 12.3 Å². The first kappa shape index (κ1) is 38.0.